The number of carbonyl (C=O) groups is 1. The van der Waals surface area contributed by atoms with Crippen molar-refractivity contribution in [3.63, 3.8) is 0 Å². The number of rotatable bonds is 6. The predicted molar refractivity (Wildman–Crippen MR) is 105 cm³/mol. The molecular weight excluding hydrogens is 358 g/mol. The lowest BCUT2D eigenvalue weighted by molar-refractivity contribution is 0.0955. The summed E-state index contributed by atoms with van der Waals surface area (Å²) in [5, 5.41) is 4.07. The molecular formula is C21H19N3O4. The lowest BCUT2D eigenvalue weighted by atomic mass is 10.2. The average Bonchev–Trinajstić information content (AvgIpc) is 3.40. The Morgan fingerprint density at radius 3 is 2.75 bits per heavy atom. The van der Waals surface area contributed by atoms with Crippen LogP contribution in [0.2, 0.25) is 0 Å². The molecule has 142 valence electrons. The van der Waals surface area contributed by atoms with Gasteiger partial charge in [0.2, 0.25) is 6.79 Å². The van der Waals surface area contributed by atoms with E-state index in [1.807, 2.05) is 48.1 Å². The van der Waals surface area contributed by atoms with E-state index in [1.54, 1.807) is 24.3 Å². The number of benzene rings is 2. The van der Waals surface area contributed by atoms with Crippen LogP contribution in [0.4, 0.5) is 0 Å². The van der Waals surface area contributed by atoms with E-state index >= 15 is 0 Å². The highest BCUT2D eigenvalue weighted by molar-refractivity contribution is 5.95. The molecule has 0 spiro atoms. The summed E-state index contributed by atoms with van der Waals surface area (Å²) in [4.78, 5) is 12.4. The van der Waals surface area contributed by atoms with Gasteiger partial charge in [0, 0.05) is 35.3 Å². The maximum absolute atomic E-state index is 12.4. The smallest absolute Gasteiger partial charge is 0.271 e. The van der Waals surface area contributed by atoms with E-state index in [0.29, 0.717) is 35.0 Å². The second-order valence-corrected chi connectivity index (χ2v) is 6.02. The van der Waals surface area contributed by atoms with E-state index in [0.717, 1.165) is 5.69 Å². The highest BCUT2D eigenvalue weighted by atomic mass is 16.7. The van der Waals surface area contributed by atoms with E-state index in [2.05, 4.69) is 10.5 Å². The number of fused-ring (bicyclic) bond motifs is 1. The Bertz CT molecular complexity index is 1010. The van der Waals surface area contributed by atoms with Gasteiger partial charge in [-0.1, -0.05) is 6.07 Å². The van der Waals surface area contributed by atoms with Gasteiger partial charge in [-0.15, -0.1) is 0 Å². The van der Waals surface area contributed by atoms with Gasteiger partial charge in [-0.25, -0.2) is 5.43 Å². The standard InChI is InChI=1S/C21H19N3O4/c1-2-26-18-12-20-19(27-14-28-20)11-16(18)13-22-23-21(25)15-6-5-7-17(10-15)24-8-3-4-9-24/h3-13H,2,14H2,1H3,(H,23,25)/b22-13-. The number of aromatic nitrogens is 1. The molecule has 2 aromatic carbocycles. The van der Waals surface area contributed by atoms with Crippen molar-refractivity contribution in [2.24, 2.45) is 5.10 Å². The highest BCUT2D eigenvalue weighted by Crippen LogP contribution is 2.37. The summed E-state index contributed by atoms with van der Waals surface area (Å²) in [5.74, 6) is 1.56. The molecule has 0 bridgehead atoms. The van der Waals surface area contributed by atoms with Gasteiger partial charge in [0.15, 0.2) is 11.5 Å². The van der Waals surface area contributed by atoms with Gasteiger partial charge in [0.05, 0.1) is 12.8 Å². The van der Waals surface area contributed by atoms with Crippen LogP contribution in [0, 0.1) is 0 Å². The first kappa shape index (κ1) is 17.7. The first-order valence-corrected chi connectivity index (χ1v) is 8.88. The summed E-state index contributed by atoms with van der Waals surface area (Å²) < 4.78 is 18.3. The molecule has 0 fully saturated rings. The number of hydrazone groups is 1. The Hall–Kier alpha value is -3.74. The van der Waals surface area contributed by atoms with Crippen molar-refractivity contribution in [3.05, 3.63) is 72.1 Å². The molecule has 0 saturated heterocycles. The summed E-state index contributed by atoms with van der Waals surface area (Å²) in [5.41, 5.74) is 4.65. The highest BCUT2D eigenvalue weighted by Gasteiger charge is 2.17. The Labute approximate surface area is 162 Å². The van der Waals surface area contributed by atoms with Crippen molar-refractivity contribution in [2.75, 3.05) is 13.4 Å². The molecule has 0 radical (unpaired) electrons. The Morgan fingerprint density at radius 2 is 1.96 bits per heavy atom. The van der Waals surface area contributed by atoms with E-state index in [-0.39, 0.29) is 12.7 Å². The van der Waals surface area contributed by atoms with Crippen LogP contribution in [0.1, 0.15) is 22.8 Å². The molecule has 1 N–H and O–H groups in total. The number of nitrogens with one attached hydrogen (secondary N) is 1. The van der Waals surface area contributed by atoms with Gasteiger partial charge in [-0.05, 0) is 43.3 Å². The zero-order valence-electron chi connectivity index (χ0n) is 15.3. The summed E-state index contributed by atoms with van der Waals surface area (Å²) in [6.07, 6.45) is 5.37. The molecule has 0 saturated carbocycles. The van der Waals surface area contributed by atoms with Gasteiger partial charge in [0.1, 0.15) is 5.75 Å². The molecule has 1 aliphatic rings. The van der Waals surface area contributed by atoms with Crippen LogP contribution in [0.5, 0.6) is 17.2 Å². The number of hydrogen-bond acceptors (Lipinski definition) is 5. The first-order valence-electron chi connectivity index (χ1n) is 8.88. The second kappa shape index (κ2) is 7.87. The first-order chi connectivity index (χ1) is 13.7. The van der Waals surface area contributed by atoms with Crippen LogP contribution in [-0.4, -0.2) is 30.1 Å². The predicted octanol–water partition coefficient (Wildman–Crippen LogP) is 3.37. The number of hydrogen-bond donors (Lipinski definition) is 1. The minimum absolute atomic E-state index is 0.177. The van der Waals surface area contributed by atoms with Gasteiger partial charge in [-0.3, -0.25) is 4.79 Å². The molecule has 0 atom stereocenters. The molecule has 28 heavy (non-hydrogen) atoms. The molecule has 1 amide bonds. The van der Waals surface area contributed by atoms with Crippen LogP contribution in [-0.2, 0) is 0 Å². The second-order valence-electron chi connectivity index (χ2n) is 6.02. The molecule has 2 heterocycles. The molecule has 0 aliphatic carbocycles. The Balaban J connectivity index is 1.49. The molecule has 1 aliphatic heterocycles. The maximum Gasteiger partial charge on any atom is 0.271 e. The monoisotopic (exact) mass is 377 g/mol. The van der Waals surface area contributed by atoms with Gasteiger partial charge in [-0.2, -0.15) is 5.10 Å². The van der Waals surface area contributed by atoms with Crippen LogP contribution in [0.3, 0.4) is 0 Å². The van der Waals surface area contributed by atoms with Crippen LogP contribution >= 0.6 is 0 Å². The Kier molecular flexibility index (Phi) is 4.97. The lowest BCUT2D eigenvalue weighted by Crippen LogP contribution is -2.17. The van der Waals surface area contributed by atoms with E-state index in [1.165, 1.54) is 6.21 Å². The average molecular weight is 377 g/mol. The third kappa shape index (κ3) is 3.68. The summed E-state index contributed by atoms with van der Waals surface area (Å²) in [7, 11) is 0. The van der Waals surface area contributed by atoms with Crippen molar-refractivity contribution in [2.45, 2.75) is 6.92 Å². The van der Waals surface area contributed by atoms with E-state index < -0.39 is 0 Å². The van der Waals surface area contributed by atoms with Crippen molar-refractivity contribution in [3.8, 4) is 22.9 Å². The van der Waals surface area contributed by atoms with Gasteiger partial charge >= 0.3 is 0 Å². The lowest BCUT2D eigenvalue weighted by Gasteiger charge is -2.08. The SMILES string of the molecule is CCOc1cc2c(cc1/C=N\NC(=O)c1cccc(-n3cccc3)c1)OCO2. The number of ether oxygens (including phenoxy) is 3. The van der Waals surface area contributed by atoms with Crippen molar-refractivity contribution in [1.29, 1.82) is 0 Å². The number of amides is 1. The van der Waals surface area contributed by atoms with Crippen LogP contribution in [0.15, 0.2) is 66.0 Å². The Morgan fingerprint density at radius 1 is 1.18 bits per heavy atom. The third-order valence-corrected chi connectivity index (χ3v) is 4.19. The summed E-state index contributed by atoms with van der Waals surface area (Å²) in [6.45, 7) is 2.57. The molecule has 3 aromatic rings. The minimum atomic E-state index is -0.302. The topological polar surface area (TPSA) is 74.1 Å². The van der Waals surface area contributed by atoms with Gasteiger partial charge in [0.25, 0.3) is 5.91 Å². The molecule has 4 rings (SSSR count). The summed E-state index contributed by atoms with van der Waals surface area (Å²) in [6, 6.07) is 14.7. The normalized spacial score (nSPS) is 12.3. The van der Waals surface area contributed by atoms with Crippen LogP contribution < -0.4 is 19.6 Å². The maximum atomic E-state index is 12.4. The number of carbonyl (C=O) groups excluding carboxylic acids is 1. The van der Waals surface area contributed by atoms with Gasteiger partial charge < -0.3 is 18.8 Å². The third-order valence-electron chi connectivity index (χ3n) is 4.19. The largest absolute Gasteiger partial charge is 0.493 e. The zero-order valence-corrected chi connectivity index (χ0v) is 15.3. The fourth-order valence-electron chi connectivity index (χ4n) is 2.86. The molecule has 0 unspecified atom stereocenters. The quantitative estimate of drug-likeness (QED) is 0.528. The van der Waals surface area contributed by atoms with E-state index in [9.17, 15) is 4.79 Å². The fraction of sp³-hybridized carbons (Fsp3) is 0.143. The molecule has 7 heteroatoms. The van der Waals surface area contributed by atoms with Crippen LogP contribution in [0.25, 0.3) is 5.69 Å². The molecule has 7 nitrogen and oxygen atoms in total. The minimum Gasteiger partial charge on any atom is -0.493 e. The van der Waals surface area contributed by atoms with Crippen molar-refractivity contribution in [1.82, 2.24) is 9.99 Å². The van der Waals surface area contributed by atoms with Crippen molar-refractivity contribution >= 4 is 12.1 Å². The van der Waals surface area contributed by atoms with Crippen molar-refractivity contribution < 1.29 is 19.0 Å². The zero-order chi connectivity index (χ0) is 19.3. The number of nitrogens with zero attached hydrogens (tertiary/aromatic N) is 2. The molecule has 1 aromatic heterocycles. The van der Waals surface area contributed by atoms with E-state index in [4.69, 9.17) is 14.2 Å². The summed E-state index contributed by atoms with van der Waals surface area (Å²) >= 11 is 0. The fourth-order valence-corrected chi connectivity index (χ4v) is 2.86.